The molecule has 0 saturated heterocycles. The van der Waals surface area contributed by atoms with Crippen molar-refractivity contribution in [2.24, 2.45) is 0 Å². The lowest BCUT2D eigenvalue weighted by Gasteiger charge is -2.38. The maximum absolute atomic E-state index is 10.1. The van der Waals surface area contributed by atoms with Crippen LogP contribution in [0.3, 0.4) is 0 Å². The molecule has 3 heterocycles. The molecule has 28 heavy (non-hydrogen) atoms. The Bertz CT molecular complexity index is 1150. The van der Waals surface area contributed by atoms with Crippen LogP contribution < -0.4 is 10.2 Å². The van der Waals surface area contributed by atoms with Gasteiger partial charge in [0.2, 0.25) is 0 Å². The lowest BCUT2D eigenvalue weighted by Crippen LogP contribution is -2.39. The number of rotatable bonds is 2. The Morgan fingerprint density at radius 3 is 2.93 bits per heavy atom. The Kier molecular flexibility index (Phi) is 3.64. The van der Waals surface area contributed by atoms with Crippen molar-refractivity contribution in [2.45, 2.75) is 17.7 Å². The molecule has 0 aromatic heterocycles. The molecule has 2 aromatic carbocycles. The van der Waals surface area contributed by atoms with Crippen molar-refractivity contribution in [1.29, 1.82) is 10.7 Å². The topological polar surface area (TPSA) is 92.4 Å². The highest BCUT2D eigenvalue weighted by Crippen LogP contribution is 2.56. The number of nitrogens with zero attached hydrogens (tertiary/aromatic N) is 2. The van der Waals surface area contributed by atoms with Crippen molar-refractivity contribution in [3.8, 4) is 11.8 Å². The van der Waals surface area contributed by atoms with Gasteiger partial charge in [0.05, 0.1) is 35.4 Å². The average Bonchev–Trinajstić information content (AvgIpc) is 3.07. The first-order valence-corrected chi connectivity index (χ1v) is 9.72. The molecule has 0 amide bonds. The summed E-state index contributed by atoms with van der Waals surface area (Å²) in [6.45, 7) is 2.30. The second-order valence-corrected chi connectivity index (χ2v) is 7.62. The van der Waals surface area contributed by atoms with Gasteiger partial charge in [-0.1, -0.05) is 30.0 Å². The van der Waals surface area contributed by atoms with Gasteiger partial charge in [-0.15, -0.1) is 0 Å². The number of allylic oxidation sites excluding steroid dienone is 1. The smallest absolute Gasteiger partial charge is 0.199 e. The number of phenolic OH excluding ortho intramolecular Hbond substituents is 1. The van der Waals surface area contributed by atoms with E-state index in [4.69, 9.17) is 10.1 Å². The Morgan fingerprint density at radius 1 is 1.32 bits per heavy atom. The summed E-state index contributed by atoms with van der Waals surface area (Å²) in [4.78, 5) is 2.85. The minimum absolute atomic E-state index is 0.131. The predicted octanol–water partition coefficient (Wildman–Crippen LogP) is 4.49. The Hall–Kier alpha value is -3.37. The standard InChI is InChI=1S/C21H16N4O2S/c1-2-27-20-18-17(12-8-7-11(26)9-14(12)24-20)13(10-22)21-25(19(18)23)15-5-3-4-6-16(15)28-21/h3-9,17,23-24,26H,2H2,1H3. The van der Waals surface area contributed by atoms with Gasteiger partial charge in [0.25, 0.3) is 0 Å². The third kappa shape index (κ3) is 2.18. The van der Waals surface area contributed by atoms with Crippen LogP contribution in [0.15, 0.2) is 69.4 Å². The van der Waals surface area contributed by atoms with Gasteiger partial charge in [0.1, 0.15) is 16.6 Å². The van der Waals surface area contributed by atoms with Crippen LogP contribution in [0.2, 0.25) is 0 Å². The lowest BCUT2D eigenvalue weighted by atomic mass is 9.79. The molecule has 1 atom stereocenters. The van der Waals surface area contributed by atoms with Gasteiger partial charge in [0, 0.05) is 16.6 Å². The number of para-hydroxylation sites is 1. The van der Waals surface area contributed by atoms with Crippen molar-refractivity contribution in [2.75, 3.05) is 16.8 Å². The number of thioether (sulfide) groups is 1. The van der Waals surface area contributed by atoms with Crippen molar-refractivity contribution < 1.29 is 9.84 Å². The molecular weight excluding hydrogens is 372 g/mol. The molecule has 2 aromatic rings. The monoisotopic (exact) mass is 388 g/mol. The molecule has 5 rings (SSSR count). The normalized spacial score (nSPS) is 19.4. The average molecular weight is 388 g/mol. The maximum Gasteiger partial charge on any atom is 0.199 e. The Morgan fingerprint density at radius 2 is 2.14 bits per heavy atom. The number of benzene rings is 2. The van der Waals surface area contributed by atoms with Gasteiger partial charge in [-0.25, -0.2) is 0 Å². The molecule has 0 radical (unpaired) electrons. The molecule has 0 saturated carbocycles. The fourth-order valence-electron chi connectivity index (χ4n) is 3.92. The van der Waals surface area contributed by atoms with E-state index in [-0.39, 0.29) is 5.75 Å². The fraction of sp³-hybridized carbons (Fsp3) is 0.143. The number of phenols is 1. The van der Waals surface area contributed by atoms with Crippen LogP contribution in [-0.4, -0.2) is 17.5 Å². The molecular formula is C21H16N4O2S. The molecule has 6 nitrogen and oxygen atoms in total. The van der Waals surface area contributed by atoms with Gasteiger partial charge in [-0.3, -0.25) is 10.3 Å². The third-order valence-electron chi connectivity index (χ3n) is 5.05. The first kappa shape index (κ1) is 16.8. The van der Waals surface area contributed by atoms with Crippen LogP contribution in [0, 0.1) is 16.7 Å². The zero-order valence-electron chi connectivity index (χ0n) is 15.0. The largest absolute Gasteiger partial charge is 0.508 e. The number of ether oxygens (including phenoxy) is 1. The quantitative estimate of drug-likeness (QED) is 0.702. The molecule has 3 N–H and O–H groups in total. The van der Waals surface area contributed by atoms with Crippen molar-refractivity contribution in [1.82, 2.24) is 0 Å². The zero-order chi connectivity index (χ0) is 19.4. The lowest BCUT2D eigenvalue weighted by molar-refractivity contribution is 0.230. The number of amidine groups is 1. The maximum atomic E-state index is 10.1. The molecule has 1 unspecified atom stereocenters. The highest BCUT2D eigenvalue weighted by molar-refractivity contribution is 8.03. The van der Waals surface area contributed by atoms with E-state index in [1.54, 1.807) is 18.2 Å². The van der Waals surface area contributed by atoms with E-state index in [0.717, 1.165) is 21.2 Å². The van der Waals surface area contributed by atoms with Crippen molar-refractivity contribution in [3.63, 3.8) is 0 Å². The SMILES string of the molecule is CCOC1=C2C(=N)N3C(=C(C#N)C2c2ccc(O)cc2N1)Sc1ccccc13. The summed E-state index contributed by atoms with van der Waals surface area (Å²) in [5.41, 5.74) is 3.66. The number of hydrogen-bond donors (Lipinski definition) is 3. The van der Waals surface area contributed by atoms with Gasteiger partial charge in [-0.2, -0.15) is 5.26 Å². The summed E-state index contributed by atoms with van der Waals surface area (Å²) in [5.74, 6) is 0.471. The zero-order valence-corrected chi connectivity index (χ0v) is 15.8. The highest BCUT2D eigenvalue weighted by Gasteiger charge is 2.46. The van der Waals surface area contributed by atoms with Crippen LogP contribution in [0.4, 0.5) is 11.4 Å². The van der Waals surface area contributed by atoms with Crippen LogP contribution in [0.5, 0.6) is 5.75 Å². The summed E-state index contributed by atoms with van der Waals surface area (Å²) in [7, 11) is 0. The molecule has 7 heteroatoms. The van der Waals surface area contributed by atoms with E-state index in [1.807, 2.05) is 36.1 Å². The minimum atomic E-state index is -0.413. The molecule has 3 aliphatic heterocycles. The van der Waals surface area contributed by atoms with Gasteiger partial charge >= 0.3 is 0 Å². The van der Waals surface area contributed by atoms with E-state index >= 15 is 0 Å². The van der Waals surface area contributed by atoms with Crippen LogP contribution in [-0.2, 0) is 4.74 Å². The van der Waals surface area contributed by atoms with Gasteiger partial charge < -0.3 is 15.2 Å². The van der Waals surface area contributed by atoms with E-state index < -0.39 is 5.92 Å². The molecule has 3 aliphatic rings. The summed E-state index contributed by atoms with van der Waals surface area (Å²) in [6.07, 6.45) is 0. The van der Waals surface area contributed by atoms with Gasteiger partial charge in [0.15, 0.2) is 5.88 Å². The van der Waals surface area contributed by atoms with Crippen LogP contribution >= 0.6 is 11.8 Å². The molecule has 0 aliphatic carbocycles. The second-order valence-electron chi connectivity index (χ2n) is 6.59. The number of anilines is 2. The molecule has 138 valence electrons. The Balaban J connectivity index is 1.80. The first-order chi connectivity index (χ1) is 13.6. The van der Waals surface area contributed by atoms with Crippen LogP contribution in [0.1, 0.15) is 18.4 Å². The van der Waals surface area contributed by atoms with E-state index in [2.05, 4.69) is 11.4 Å². The Labute approximate surface area is 166 Å². The predicted molar refractivity (Wildman–Crippen MR) is 108 cm³/mol. The van der Waals surface area contributed by atoms with Crippen molar-refractivity contribution in [3.05, 3.63) is 70.1 Å². The van der Waals surface area contributed by atoms with E-state index in [1.165, 1.54) is 11.8 Å². The molecule has 0 spiro atoms. The number of nitriles is 1. The number of aromatic hydroxyl groups is 1. The number of nitrogens with one attached hydrogen (secondary N) is 2. The number of hydrogen-bond acceptors (Lipinski definition) is 6. The number of fused-ring (bicyclic) bond motifs is 6. The molecule has 0 bridgehead atoms. The first-order valence-electron chi connectivity index (χ1n) is 8.91. The van der Waals surface area contributed by atoms with E-state index in [0.29, 0.717) is 35.2 Å². The minimum Gasteiger partial charge on any atom is -0.508 e. The third-order valence-corrected chi connectivity index (χ3v) is 6.21. The summed E-state index contributed by atoms with van der Waals surface area (Å²) >= 11 is 1.51. The van der Waals surface area contributed by atoms with E-state index in [9.17, 15) is 10.4 Å². The van der Waals surface area contributed by atoms with Gasteiger partial charge in [-0.05, 0) is 30.7 Å². The molecule has 0 fully saturated rings. The second kappa shape index (κ2) is 6.08. The summed E-state index contributed by atoms with van der Waals surface area (Å²) < 4.78 is 5.83. The van der Waals surface area contributed by atoms with Crippen molar-refractivity contribution >= 4 is 29.0 Å². The fourth-order valence-corrected chi connectivity index (χ4v) is 5.10. The summed E-state index contributed by atoms with van der Waals surface area (Å²) in [6, 6.07) is 15.3. The van der Waals surface area contributed by atoms with Crippen LogP contribution in [0.25, 0.3) is 0 Å². The summed E-state index contributed by atoms with van der Waals surface area (Å²) in [5, 5.41) is 32.9. The highest BCUT2D eigenvalue weighted by atomic mass is 32.2.